The molecule has 0 aliphatic heterocycles. The minimum absolute atomic E-state index is 0.0571. The largest absolute Gasteiger partial charge is 0.399 e. The number of benzene rings is 1. The first kappa shape index (κ1) is 14.9. The maximum Gasteiger partial charge on any atom is 0.238 e. The summed E-state index contributed by atoms with van der Waals surface area (Å²) in [7, 11) is 0. The average molecular weight is 275 g/mol. The Kier molecular flexibility index (Phi) is 5.01. The SMILES string of the molecule is CCCCN(CC(=O)Nc1cc(N)ccc1C)C1CC1. The van der Waals surface area contributed by atoms with Crippen molar-refractivity contribution in [3.8, 4) is 0 Å². The molecule has 1 aliphatic carbocycles. The maximum absolute atomic E-state index is 12.2. The van der Waals surface area contributed by atoms with Gasteiger partial charge in [0.1, 0.15) is 0 Å². The van der Waals surface area contributed by atoms with Crippen LogP contribution >= 0.6 is 0 Å². The molecule has 1 saturated carbocycles. The van der Waals surface area contributed by atoms with E-state index in [-0.39, 0.29) is 5.91 Å². The van der Waals surface area contributed by atoms with Gasteiger partial charge in [-0.2, -0.15) is 0 Å². The summed E-state index contributed by atoms with van der Waals surface area (Å²) in [6, 6.07) is 6.22. The lowest BCUT2D eigenvalue weighted by Crippen LogP contribution is -2.35. The molecule has 0 aromatic heterocycles. The van der Waals surface area contributed by atoms with Gasteiger partial charge in [0.15, 0.2) is 0 Å². The van der Waals surface area contributed by atoms with Crippen LogP contribution < -0.4 is 11.1 Å². The van der Waals surface area contributed by atoms with Crippen molar-refractivity contribution >= 4 is 17.3 Å². The molecule has 1 amide bonds. The zero-order valence-corrected chi connectivity index (χ0v) is 12.5. The van der Waals surface area contributed by atoms with Gasteiger partial charge in [-0.05, 0) is 50.4 Å². The molecule has 2 rings (SSSR count). The number of anilines is 2. The Balaban J connectivity index is 1.91. The van der Waals surface area contributed by atoms with E-state index in [4.69, 9.17) is 5.73 Å². The van der Waals surface area contributed by atoms with E-state index in [0.717, 1.165) is 24.2 Å². The molecule has 4 heteroatoms. The second-order valence-corrected chi connectivity index (χ2v) is 5.68. The monoisotopic (exact) mass is 275 g/mol. The standard InChI is InChI=1S/C16H25N3O/c1-3-4-9-19(14-7-8-14)11-16(20)18-15-10-13(17)6-5-12(15)2/h5-6,10,14H,3-4,7-9,11,17H2,1-2H3,(H,18,20). The molecule has 110 valence electrons. The van der Waals surface area contributed by atoms with Crippen LogP contribution in [0.5, 0.6) is 0 Å². The third-order valence-corrected chi connectivity index (χ3v) is 3.74. The Bertz CT molecular complexity index is 469. The highest BCUT2D eigenvalue weighted by Crippen LogP contribution is 2.27. The predicted octanol–water partition coefficient (Wildman–Crippen LogP) is 2.78. The van der Waals surface area contributed by atoms with Crippen molar-refractivity contribution in [2.45, 2.75) is 45.6 Å². The van der Waals surface area contributed by atoms with Crippen molar-refractivity contribution in [3.63, 3.8) is 0 Å². The number of nitrogen functional groups attached to an aromatic ring is 1. The number of amides is 1. The molecule has 0 heterocycles. The molecule has 0 unspecified atom stereocenters. The van der Waals surface area contributed by atoms with Crippen molar-refractivity contribution < 1.29 is 4.79 Å². The zero-order chi connectivity index (χ0) is 14.5. The Labute approximate surface area is 121 Å². The summed E-state index contributed by atoms with van der Waals surface area (Å²) in [4.78, 5) is 14.5. The number of unbranched alkanes of at least 4 members (excludes halogenated alkanes) is 1. The van der Waals surface area contributed by atoms with Gasteiger partial charge in [-0.1, -0.05) is 19.4 Å². The van der Waals surface area contributed by atoms with E-state index in [0.29, 0.717) is 18.3 Å². The van der Waals surface area contributed by atoms with Crippen LogP contribution in [0.1, 0.15) is 38.2 Å². The zero-order valence-electron chi connectivity index (χ0n) is 12.5. The highest BCUT2D eigenvalue weighted by atomic mass is 16.2. The average Bonchev–Trinajstić information content (AvgIpc) is 3.23. The normalized spacial score (nSPS) is 14.6. The number of aryl methyl sites for hydroxylation is 1. The number of carbonyl (C=O) groups is 1. The van der Waals surface area contributed by atoms with E-state index in [9.17, 15) is 4.79 Å². The summed E-state index contributed by atoms with van der Waals surface area (Å²) >= 11 is 0. The minimum Gasteiger partial charge on any atom is -0.399 e. The molecule has 0 saturated heterocycles. The number of rotatable bonds is 7. The number of carbonyl (C=O) groups excluding carboxylic acids is 1. The van der Waals surface area contributed by atoms with E-state index >= 15 is 0 Å². The summed E-state index contributed by atoms with van der Waals surface area (Å²) in [5.74, 6) is 0.0571. The van der Waals surface area contributed by atoms with Crippen molar-refractivity contribution in [3.05, 3.63) is 23.8 Å². The van der Waals surface area contributed by atoms with Crippen LogP contribution in [0.15, 0.2) is 18.2 Å². The van der Waals surface area contributed by atoms with Crippen LogP contribution in [0.2, 0.25) is 0 Å². The van der Waals surface area contributed by atoms with Crippen LogP contribution in [0.4, 0.5) is 11.4 Å². The lowest BCUT2D eigenvalue weighted by Gasteiger charge is -2.21. The highest BCUT2D eigenvalue weighted by Gasteiger charge is 2.29. The van der Waals surface area contributed by atoms with Crippen molar-refractivity contribution in [2.24, 2.45) is 0 Å². The molecule has 0 spiro atoms. The molecule has 3 N–H and O–H groups in total. The molecule has 1 aromatic carbocycles. The number of nitrogens with two attached hydrogens (primary N) is 1. The molecular weight excluding hydrogens is 250 g/mol. The summed E-state index contributed by atoms with van der Waals surface area (Å²) in [5.41, 5.74) is 8.30. The van der Waals surface area contributed by atoms with Gasteiger partial charge in [0.05, 0.1) is 6.54 Å². The van der Waals surface area contributed by atoms with Crippen molar-refractivity contribution in [2.75, 3.05) is 24.1 Å². The molecule has 20 heavy (non-hydrogen) atoms. The fourth-order valence-electron chi connectivity index (χ4n) is 2.34. The minimum atomic E-state index is 0.0571. The Hall–Kier alpha value is -1.55. The summed E-state index contributed by atoms with van der Waals surface area (Å²) < 4.78 is 0. The van der Waals surface area contributed by atoms with E-state index in [2.05, 4.69) is 17.1 Å². The van der Waals surface area contributed by atoms with Gasteiger partial charge >= 0.3 is 0 Å². The van der Waals surface area contributed by atoms with E-state index in [1.165, 1.54) is 19.3 Å². The second kappa shape index (κ2) is 6.75. The molecule has 1 aliphatic rings. The quantitative estimate of drug-likeness (QED) is 0.752. The predicted molar refractivity (Wildman–Crippen MR) is 83.7 cm³/mol. The number of nitrogens with one attached hydrogen (secondary N) is 1. The first-order valence-corrected chi connectivity index (χ1v) is 7.50. The van der Waals surface area contributed by atoms with Gasteiger partial charge < -0.3 is 11.1 Å². The maximum atomic E-state index is 12.2. The number of hydrogen-bond donors (Lipinski definition) is 2. The summed E-state index contributed by atoms with van der Waals surface area (Å²) in [5, 5.41) is 2.98. The molecule has 0 bridgehead atoms. The second-order valence-electron chi connectivity index (χ2n) is 5.68. The Morgan fingerprint density at radius 1 is 1.45 bits per heavy atom. The lowest BCUT2D eigenvalue weighted by atomic mass is 10.2. The Morgan fingerprint density at radius 2 is 2.20 bits per heavy atom. The van der Waals surface area contributed by atoms with E-state index in [1.807, 2.05) is 25.1 Å². The van der Waals surface area contributed by atoms with Crippen molar-refractivity contribution in [1.82, 2.24) is 4.90 Å². The molecule has 4 nitrogen and oxygen atoms in total. The van der Waals surface area contributed by atoms with E-state index in [1.54, 1.807) is 0 Å². The van der Waals surface area contributed by atoms with Gasteiger partial charge in [-0.25, -0.2) is 0 Å². The fourth-order valence-corrected chi connectivity index (χ4v) is 2.34. The molecule has 0 radical (unpaired) electrons. The topological polar surface area (TPSA) is 58.4 Å². The van der Waals surface area contributed by atoms with Crippen molar-refractivity contribution in [1.29, 1.82) is 0 Å². The number of nitrogens with zero attached hydrogens (tertiary/aromatic N) is 1. The van der Waals surface area contributed by atoms with Crippen LogP contribution in [-0.2, 0) is 4.79 Å². The Morgan fingerprint density at radius 3 is 2.85 bits per heavy atom. The molecular formula is C16H25N3O. The first-order chi connectivity index (χ1) is 9.60. The van der Waals surface area contributed by atoms with Crippen LogP contribution in [0, 0.1) is 6.92 Å². The van der Waals surface area contributed by atoms with Crippen LogP contribution in [-0.4, -0.2) is 29.9 Å². The lowest BCUT2D eigenvalue weighted by molar-refractivity contribution is -0.117. The van der Waals surface area contributed by atoms with Gasteiger partial charge in [-0.3, -0.25) is 9.69 Å². The molecule has 0 atom stereocenters. The summed E-state index contributed by atoms with van der Waals surface area (Å²) in [6.45, 7) is 5.66. The highest BCUT2D eigenvalue weighted by molar-refractivity contribution is 5.93. The van der Waals surface area contributed by atoms with Gasteiger partial charge in [0.2, 0.25) is 5.91 Å². The van der Waals surface area contributed by atoms with Crippen LogP contribution in [0.3, 0.4) is 0 Å². The number of hydrogen-bond acceptors (Lipinski definition) is 3. The van der Waals surface area contributed by atoms with Gasteiger partial charge in [-0.15, -0.1) is 0 Å². The fraction of sp³-hybridized carbons (Fsp3) is 0.562. The third kappa shape index (κ3) is 4.23. The van der Waals surface area contributed by atoms with Gasteiger partial charge in [0, 0.05) is 17.4 Å². The summed E-state index contributed by atoms with van der Waals surface area (Å²) in [6.07, 6.45) is 4.78. The molecule has 1 aromatic rings. The molecule has 1 fully saturated rings. The first-order valence-electron chi connectivity index (χ1n) is 7.50. The van der Waals surface area contributed by atoms with Crippen LogP contribution in [0.25, 0.3) is 0 Å². The third-order valence-electron chi connectivity index (χ3n) is 3.74. The van der Waals surface area contributed by atoms with Gasteiger partial charge in [0.25, 0.3) is 0 Å². The van der Waals surface area contributed by atoms with E-state index < -0.39 is 0 Å². The smallest absolute Gasteiger partial charge is 0.238 e.